The van der Waals surface area contributed by atoms with Crippen LogP contribution in [-0.4, -0.2) is 9.55 Å². The molecule has 2 aromatic rings. The summed E-state index contributed by atoms with van der Waals surface area (Å²) in [6.07, 6.45) is 1.61. The zero-order chi connectivity index (χ0) is 13.9. The van der Waals surface area contributed by atoms with Gasteiger partial charge in [-0.3, -0.25) is 0 Å². The van der Waals surface area contributed by atoms with Crippen molar-refractivity contribution in [3.05, 3.63) is 48.5 Å². The number of rotatable bonds is 4. The number of hydrogen-bond acceptors (Lipinski definition) is 2. The lowest BCUT2D eigenvalue weighted by Crippen LogP contribution is -2.16. The maximum Gasteiger partial charge on any atom is 0.416 e. The van der Waals surface area contributed by atoms with Gasteiger partial charge in [0.05, 0.1) is 11.9 Å². The molecule has 1 aromatic heterocycles. The number of imidazole rings is 1. The van der Waals surface area contributed by atoms with E-state index in [-0.39, 0.29) is 6.17 Å². The van der Waals surface area contributed by atoms with Gasteiger partial charge in [0.15, 0.2) is 0 Å². The number of benzene rings is 1. The van der Waals surface area contributed by atoms with Crippen molar-refractivity contribution in [3.63, 3.8) is 0 Å². The summed E-state index contributed by atoms with van der Waals surface area (Å²) in [5, 5.41) is 3.17. The molecule has 2 rings (SSSR count). The third-order valence-corrected chi connectivity index (χ3v) is 2.82. The summed E-state index contributed by atoms with van der Waals surface area (Å²) >= 11 is 0. The molecule has 1 N–H and O–H groups in total. The van der Waals surface area contributed by atoms with E-state index in [0.29, 0.717) is 5.69 Å². The molecule has 1 unspecified atom stereocenters. The summed E-state index contributed by atoms with van der Waals surface area (Å²) in [5.74, 6) is 0. The third kappa shape index (κ3) is 3.27. The maximum atomic E-state index is 12.4. The quantitative estimate of drug-likeness (QED) is 0.911. The number of alkyl halides is 3. The summed E-state index contributed by atoms with van der Waals surface area (Å²) < 4.78 is 39.2. The van der Waals surface area contributed by atoms with Crippen LogP contribution in [0, 0.1) is 0 Å². The van der Waals surface area contributed by atoms with E-state index < -0.39 is 11.7 Å². The van der Waals surface area contributed by atoms with E-state index in [1.165, 1.54) is 12.1 Å². The first kappa shape index (κ1) is 13.5. The number of nitrogens with zero attached hydrogens (tertiary/aromatic N) is 2. The molecule has 0 saturated heterocycles. The van der Waals surface area contributed by atoms with Gasteiger partial charge in [-0.25, -0.2) is 4.98 Å². The molecule has 3 nitrogen and oxygen atoms in total. The Morgan fingerprint density at radius 1 is 1.26 bits per heavy atom. The molecular weight excluding hydrogens is 255 g/mol. The second-order valence-electron chi connectivity index (χ2n) is 4.15. The van der Waals surface area contributed by atoms with E-state index in [1.807, 2.05) is 17.7 Å². The highest BCUT2D eigenvalue weighted by Crippen LogP contribution is 2.30. The fraction of sp³-hybridized carbons (Fsp3) is 0.308. The minimum atomic E-state index is -4.30. The third-order valence-electron chi connectivity index (χ3n) is 2.82. The van der Waals surface area contributed by atoms with Crippen molar-refractivity contribution < 1.29 is 13.2 Å². The molecule has 0 aliphatic heterocycles. The van der Waals surface area contributed by atoms with Gasteiger partial charge in [-0.15, -0.1) is 0 Å². The Labute approximate surface area is 109 Å². The Kier molecular flexibility index (Phi) is 3.78. The first-order valence-electron chi connectivity index (χ1n) is 5.92. The SMILES string of the molecule is CCC(Nc1ccc(C(F)(F)F)cc1)n1ccnc1. The van der Waals surface area contributed by atoms with E-state index in [0.717, 1.165) is 18.6 Å². The lowest BCUT2D eigenvalue weighted by molar-refractivity contribution is -0.137. The summed E-state index contributed by atoms with van der Waals surface area (Å²) in [5.41, 5.74) is 0.00211. The molecule has 0 saturated carbocycles. The molecule has 102 valence electrons. The zero-order valence-corrected chi connectivity index (χ0v) is 10.4. The molecule has 1 aromatic carbocycles. The molecule has 0 aliphatic carbocycles. The first-order chi connectivity index (χ1) is 9.00. The van der Waals surface area contributed by atoms with Crippen LogP contribution in [0.4, 0.5) is 18.9 Å². The molecule has 1 atom stereocenters. The van der Waals surface area contributed by atoms with Gasteiger partial charge in [-0.05, 0) is 30.7 Å². The molecule has 1 heterocycles. The highest BCUT2D eigenvalue weighted by Gasteiger charge is 2.29. The van der Waals surface area contributed by atoms with E-state index >= 15 is 0 Å². The summed E-state index contributed by atoms with van der Waals surface area (Å²) in [7, 11) is 0. The summed E-state index contributed by atoms with van der Waals surface area (Å²) in [6, 6.07) is 5.01. The van der Waals surface area contributed by atoms with Gasteiger partial charge in [0.2, 0.25) is 0 Å². The van der Waals surface area contributed by atoms with Crippen LogP contribution in [0.25, 0.3) is 0 Å². The number of anilines is 1. The molecule has 0 fully saturated rings. The predicted molar refractivity (Wildman–Crippen MR) is 66.6 cm³/mol. The van der Waals surface area contributed by atoms with E-state index in [1.54, 1.807) is 12.5 Å². The fourth-order valence-corrected chi connectivity index (χ4v) is 1.79. The molecule has 0 radical (unpaired) electrons. The lowest BCUT2D eigenvalue weighted by atomic mass is 10.2. The smallest absolute Gasteiger partial charge is 0.365 e. The Morgan fingerprint density at radius 2 is 1.95 bits per heavy atom. The van der Waals surface area contributed by atoms with Crippen molar-refractivity contribution in [2.45, 2.75) is 25.7 Å². The van der Waals surface area contributed by atoms with Crippen LogP contribution in [0.5, 0.6) is 0 Å². The Hall–Kier alpha value is -1.98. The van der Waals surface area contributed by atoms with Crippen LogP contribution in [-0.2, 0) is 6.18 Å². The molecule has 0 spiro atoms. The Morgan fingerprint density at radius 3 is 2.42 bits per heavy atom. The van der Waals surface area contributed by atoms with Crippen LogP contribution < -0.4 is 5.32 Å². The second-order valence-corrected chi connectivity index (χ2v) is 4.15. The normalized spacial score (nSPS) is 13.3. The van der Waals surface area contributed by atoms with Crippen molar-refractivity contribution in [1.82, 2.24) is 9.55 Å². The molecule has 0 aliphatic rings. The highest BCUT2D eigenvalue weighted by molar-refractivity contribution is 5.45. The van der Waals surface area contributed by atoms with E-state index in [2.05, 4.69) is 10.3 Å². The Balaban J connectivity index is 2.11. The van der Waals surface area contributed by atoms with Gasteiger partial charge in [-0.2, -0.15) is 13.2 Å². The average Bonchev–Trinajstić information content (AvgIpc) is 2.89. The van der Waals surface area contributed by atoms with Gasteiger partial charge >= 0.3 is 6.18 Å². The summed E-state index contributed by atoms with van der Waals surface area (Å²) in [6.45, 7) is 1.99. The number of halogens is 3. The summed E-state index contributed by atoms with van der Waals surface area (Å²) in [4.78, 5) is 3.95. The van der Waals surface area contributed by atoms with E-state index in [4.69, 9.17) is 0 Å². The maximum absolute atomic E-state index is 12.4. The van der Waals surface area contributed by atoms with Crippen molar-refractivity contribution in [2.24, 2.45) is 0 Å². The fourth-order valence-electron chi connectivity index (χ4n) is 1.79. The van der Waals surface area contributed by atoms with Crippen LogP contribution in [0.3, 0.4) is 0 Å². The van der Waals surface area contributed by atoms with Gasteiger partial charge in [-0.1, -0.05) is 6.92 Å². The standard InChI is InChI=1S/C13H14F3N3/c1-2-12(19-8-7-17-9-19)18-11-5-3-10(4-6-11)13(14,15)16/h3-9,12,18H,2H2,1H3. The minimum Gasteiger partial charge on any atom is -0.365 e. The molecular formula is C13H14F3N3. The highest BCUT2D eigenvalue weighted by atomic mass is 19.4. The molecule has 0 bridgehead atoms. The topological polar surface area (TPSA) is 29.9 Å². The van der Waals surface area contributed by atoms with Crippen molar-refractivity contribution >= 4 is 5.69 Å². The molecule has 19 heavy (non-hydrogen) atoms. The molecule has 6 heteroatoms. The van der Waals surface area contributed by atoms with Crippen molar-refractivity contribution in [1.29, 1.82) is 0 Å². The van der Waals surface area contributed by atoms with Crippen molar-refractivity contribution in [2.75, 3.05) is 5.32 Å². The zero-order valence-electron chi connectivity index (χ0n) is 10.4. The lowest BCUT2D eigenvalue weighted by Gasteiger charge is -2.20. The predicted octanol–water partition coefficient (Wildman–Crippen LogP) is 3.92. The van der Waals surface area contributed by atoms with Gasteiger partial charge in [0.1, 0.15) is 6.17 Å². The van der Waals surface area contributed by atoms with Crippen LogP contribution in [0.2, 0.25) is 0 Å². The van der Waals surface area contributed by atoms with Gasteiger partial charge in [0.25, 0.3) is 0 Å². The largest absolute Gasteiger partial charge is 0.416 e. The number of nitrogens with one attached hydrogen (secondary N) is 1. The van der Waals surface area contributed by atoms with Crippen LogP contribution >= 0.6 is 0 Å². The van der Waals surface area contributed by atoms with Gasteiger partial charge in [0, 0.05) is 18.1 Å². The minimum absolute atomic E-state index is 0.0285. The van der Waals surface area contributed by atoms with Crippen LogP contribution in [0.15, 0.2) is 43.0 Å². The van der Waals surface area contributed by atoms with Gasteiger partial charge < -0.3 is 9.88 Å². The van der Waals surface area contributed by atoms with Crippen molar-refractivity contribution in [3.8, 4) is 0 Å². The first-order valence-corrected chi connectivity index (χ1v) is 5.92. The monoisotopic (exact) mass is 269 g/mol. The molecule has 0 amide bonds. The number of hydrogen-bond donors (Lipinski definition) is 1. The van der Waals surface area contributed by atoms with E-state index in [9.17, 15) is 13.2 Å². The second kappa shape index (κ2) is 5.34. The number of aromatic nitrogens is 2. The Bertz CT molecular complexity index is 503. The van der Waals surface area contributed by atoms with Crippen LogP contribution in [0.1, 0.15) is 25.1 Å². The average molecular weight is 269 g/mol.